The number of benzene rings is 1. The van der Waals surface area contributed by atoms with Crippen LogP contribution >= 0.6 is 0 Å². The molecule has 0 aliphatic rings. The van der Waals surface area contributed by atoms with Crippen molar-refractivity contribution in [3.63, 3.8) is 0 Å². The van der Waals surface area contributed by atoms with Crippen molar-refractivity contribution in [1.82, 2.24) is 0 Å². The Hall–Kier alpha value is -2.31. The zero-order valence-corrected chi connectivity index (χ0v) is 8.81. The molecule has 0 aliphatic carbocycles. The van der Waals surface area contributed by atoms with Crippen molar-refractivity contribution in [3.8, 4) is 0 Å². The summed E-state index contributed by atoms with van der Waals surface area (Å²) in [5, 5.41) is 10.7. The Balaban J connectivity index is 3.31. The summed E-state index contributed by atoms with van der Waals surface area (Å²) in [5.74, 6) is -1.78. The van der Waals surface area contributed by atoms with Gasteiger partial charge in [-0.1, -0.05) is 0 Å². The van der Waals surface area contributed by atoms with Crippen LogP contribution in [-0.2, 0) is 16.0 Å². The highest BCUT2D eigenvalue weighted by molar-refractivity contribution is 5.79. The van der Waals surface area contributed by atoms with E-state index >= 15 is 0 Å². The van der Waals surface area contributed by atoms with Gasteiger partial charge in [0, 0.05) is 11.6 Å². The highest BCUT2D eigenvalue weighted by Gasteiger charge is 2.22. The van der Waals surface area contributed by atoms with Gasteiger partial charge in [-0.2, -0.15) is 0 Å². The third-order valence-electron chi connectivity index (χ3n) is 2.08. The Morgan fingerprint density at radius 2 is 2.24 bits per heavy atom. The Morgan fingerprint density at radius 3 is 2.71 bits per heavy atom. The molecule has 0 aliphatic heterocycles. The van der Waals surface area contributed by atoms with E-state index in [1.165, 1.54) is 0 Å². The maximum absolute atomic E-state index is 13.5. The number of hydrogen-bond donors (Lipinski definition) is 0. The highest BCUT2D eigenvalue weighted by atomic mass is 19.1. The van der Waals surface area contributed by atoms with Gasteiger partial charge in [-0.05, 0) is 6.07 Å². The predicted octanol–water partition coefficient (Wildman–Crippen LogP) is 1.26. The van der Waals surface area contributed by atoms with Gasteiger partial charge >= 0.3 is 5.97 Å². The maximum atomic E-state index is 13.5. The van der Waals surface area contributed by atoms with E-state index in [1.807, 2.05) is 0 Å². The topological polar surface area (TPSA) is 86.5 Å². The minimum Gasteiger partial charge on any atom is -0.469 e. The largest absolute Gasteiger partial charge is 0.469 e. The maximum Gasteiger partial charge on any atom is 0.310 e. The molecule has 0 bridgehead atoms. The summed E-state index contributed by atoms with van der Waals surface area (Å²) in [7, 11) is 1.09. The normalized spacial score (nSPS) is 9.76. The van der Waals surface area contributed by atoms with Gasteiger partial charge in [0.2, 0.25) is 0 Å². The van der Waals surface area contributed by atoms with Gasteiger partial charge in [-0.3, -0.25) is 19.7 Å². The molecule has 1 rings (SSSR count). The molecule has 0 saturated heterocycles. The Bertz CT molecular complexity index is 486. The van der Waals surface area contributed by atoms with E-state index < -0.39 is 34.4 Å². The summed E-state index contributed by atoms with van der Waals surface area (Å²) in [4.78, 5) is 31.3. The molecule has 6 nitrogen and oxygen atoms in total. The summed E-state index contributed by atoms with van der Waals surface area (Å²) in [6.07, 6.45) is -0.268. The second-order valence-electron chi connectivity index (χ2n) is 3.13. The first kappa shape index (κ1) is 12.8. The number of carbonyl (C=O) groups is 2. The SMILES string of the molecule is COC(=O)Cc1c(F)cc(C=O)cc1[N+](=O)[O-]. The molecule has 0 unspecified atom stereocenters. The first-order valence-electron chi connectivity index (χ1n) is 4.48. The zero-order valence-electron chi connectivity index (χ0n) is 8.81. The number of aldehydes is 1. The van der Waals surface area contributed by atoms with Gasteiger partial charge in [0.25, 0.3) is 5.69 Å². The second kappa shape index (κ2) is 5.15. The fourth-order valence-electron chi connectivity index (χ4n) is 1.26. The van der Waals surface area contributed by atoms with Crippen LogP contribution in [0.5, 0.6) is 0 Å². The van der Waals surface area contributed by atoms with Gasteiger partial charge in [0.1, 0.15) is 12.1 Å². The van der Waals surface area contributed by atoms with Crippen LogP contribution in [0, 0.1) is 15.9 Å². The van der Waals surface area contributed by atoms with Crippen LogP contribution < -0.4 is 0 Å². The fourth-order valence-corrected chi connectivity index (χ4v) is 1.26. The van der Waals surface area contributed by atoms with Crippen LogP contribution in [0.15, 0.2) is 12.1 Å². The lowest BCUT2D eigenvalue weighted by Crippen LogP contribution is -2.09. The van der Waals surface area contributed by atoms with Crippen LogP contribution in [0.25, 0.3) is 0 Å². The van der Waals surface area contributed by atoms with E-state index in [4.69, 9.17) is 0 Å². The molecular weight excluding hydrogens is 233 g/mol. The van der Waals surface area contributed by atoms with Crippen molar-refractivity contribution in [2.45, 2.75) is 6.42 Å². The van der Waals surface area contributed by atoms with Crippen molar-refractivity contribution in [1.29, 1.82) is 0 Å². The van der Waals surface area contributed by atoms with Crippen LogP contribution in [0.2, 0.25) is 0 Å². The molecule has 0 atom stereocenters. The minimum absolute atomic E-state index is 0.164. The lowest BCUT2D eigenvalue weighted by atomic mass is 10.1. The molecule has 0 saturated carbocycles. The van der Waals surface area contributed by atoms with E-state index in [9.17, 15) is 24.1 Å². The van der Waals surface area contributed by atoms with E-state index in [0.29, 0.717) is 0 Å². The smallest absolute Gasteiger partial charge is 0.310 e. The number of esters is 1. The van der Waals surface area contributed by atoms with Crippen LogP contribution in [-0.4, -0.2) is 24.3 Å². The van der Waals surface area contributed by atoms with Crippen LogP contribution in [0.1, 0.15) is 15.9 Å². The molecule has 17 heavy (non-hydrogen) atoms. The van der Waals surface area contributed by atoms with Gasteiger partial charge in [-0.15, -0.1) is 0 Å². The van der Waals surface area contributed by atoms with Gasteiger partial charge in [-0.25, -0.2) is 4.39 Å². The Labute approximate surface area is 95.1 Å². The van der Waals surface area contributed by atoms with Gasteiger partial charge < -0.3 is 4.74 Å². The number of nitro groups is 1. The number of ether oxygens (including phenoxy) is 1. The Kier molecular flexibility index (Phi) is 3.86. The molecule has 0 heterocycles. The van der Waals surface area contributed by atoms with E-state index in [2.05, 4.69) is 4.74 Å². The lowest BCUT2D eigenvalue weighted by molar-refractivity contribution is -0.385. The van der Waals surface area contributed by atoms with Crippen molar-refractivity contribution in [2.24, 2.45) is 0 Å². The second-order valence-corrected chi connectivity index (χ2v) is 3.13. The summed E-state index contributed by atoms with van der Waals surface area (Å²) in [6.45, 7) is 0. The number of hydrogen-bond acceptors (Lipinski definition) is 5. The third kappa shape index (κ3) is 2.83. The van der Waals surface area contributed by atoms with Crippen molar-refractivity contribution in [3.05, 3.63) is 39.2 Å². The lowest BCUT2D eigenvalue weighted by Gasteiger charge is -2.04. The van der Waals surface area contributed by atoms with Gasteiger partial charge in [0.15, 0.2) is 0 Å². The summed E-state index contributed by atoms with van der Waals surface area (Å²) in [5.41, 5.74) is -1.17. The van der Waals surface area contributed by atoms with Crippen LogP contribution in [0.3, 0.4) is 0 Å². The average Bonchev–Trinajstić information content (AvgIpc) is 2.30. The molecule has 0 fully saturated rings. The average molecular weight is 241 g/mol. The predicted molar refractivity (Wildman–Crippen MR) is 54.2 cm³/mol. The molecule has 0 spiro atoms. The minimum atomic E-state index is -0.980. The molecule has 0 amide bonds. The van der Waals surface area contributed by atoms with Crippen molar-refractivity contribution < 1.29 is 23.6 Å². The number of carbonyl (C=O) groups excluding carboxylic acids is 2. The first-order chi connectivity index (χ1) is 7.99. The molecule has 0 aromatic heterocycles. The molecule has 0 radical (unpaired) electrons. The summed E-state index contributed by atoms with van der Waals surface area (Å²) < 4.78 is 17.8. The molecule has 1 aromatic rings. The van der Waals surface area contributed by atoms with Crippen molar-refractivity contribution >= 4 is 17.9 Å². The quantitative estimate of drug-likeness (QED) is 0.343. The monoisotopic (exact) mass is 241 g/mol. The molecular formula is C10H8FNO5. The number of rotatable bonds is 4. The molecule has 1 aromatic carbocycles. The number of halogens is 1. The Morgan fingerprint density at radius 1 is 1.59 bits per heavy atom. The zero-order chi connectivity index (χ0) is 13.0. The highest BCUT2D eigenvalue weighted by Crippen LogP contribution is 2.24. The van der Waals surface area contributed by atoms with Crippen molar-refractivity contribution in [2.75, 3.05) is 7.11 Å². The molecule has 7 heteroatoms. The van der Waals surface area contributed by atoms with Crippen LogP contribution in [0.4, 0.5) is 10.1 Å². The number of nitrogens with zero attached hydrogens (tertiary/aromatic N) is 1. The fraction of sp³-hybridized carbons (Fsp3) is 0.200. The molecule has 0 N–H and O–H groups in total. The third-order valence-corrected chi connectivity index (χ3v) is 2.08. The standard InChI is InChI=1S/C10H8FNO5/c1-17-10(14)4-7-8(11)2-6(5-13)3-9(7)12(15)16/h2-3,5H,4H2,1H3. The van der Waals surface area contributed by atoms with E-state index in [-0.39, 0.29) is 11.8 Å². The van der Waals surface area contributed by atoms with Gasteiger partial charge in [0.05, 0.1) is 24.0 Å². The van der Waals surface area contributed by atoms with E-state index in [0.717, 1.165) is 19.2 Å². The summed E-state index contributed by atoms with van der Waals surface area (Å²) >= 11 is 0. The number of methoxy groups -OCH3 is 1. The summed E-state index contributed by atoms with van der Waals surface area (Å²) in [6, 6.07) is 1.74. The molecule has 90 valence electrons. The van der Waals surface area contributed by atoms with E-state index in [1.54, 1.807) is 0 Å². The number of nitro benzene ring substituents is 1. The first-order valence-corrected chi connectivity index (χ1v) is 4.48.